The normalized spacial score (nSPS) is 12.2. The zero-order valence-corrected chi connectivity index (χ0v) is 14.6. The Bertz CT molecular complexity index is 651. The largest absolute Gasteiger partial charge is 0.209 e. The van der Waals surface area contributed by atoms with Gasteiger partial charge in [-0.1, -0.05) is 68.8 Å². The standard InChI is InChI=1S/C22H26F2/c1-3-5-17-7-9-18(10-8-17)11-12-19-13-15-20(16-14-19)22(24)21(23)6-4-2/h7-10,13-16H,3-6,11-12H2,1-2H3. The summed E-state index contributed by atoms with van der Waals surface area (Å²) in [6.07, 6.45) is 4.89. The van der Waals surface area contributed by atoms with Gasteiger partial charge in [0.1, 0.15) is 5.83 Å². The Labute approximate surface area is 144 Å². The first-order valence-corrected chi connectivity index (χ1v) is 8.85. The van der Waals surface area contributed by atoms with Gasteiger partial charge in [0.05, 0.1) is 0 Å². The lowest BCUT2D eigenvalue weighted by molar-refractivity contribution is 0.559. The summed E-state index contributed by atoms with van der Waals surface area (Å²) in [4.78, 5) is 0. The van der Waals surface area contributed by atoms with E-state index in [-0.39, 0.29) is 6.42 Å². The highest BCUT2D eigenvalue weighted by atomic mass is 19.2. The highest BCUT2D eigenvalue weighted by Crippen LogP contribution is 2.24. The monoisotopic (exact) mass is 328 g/mol. The van der Waals surface area contributed by atoms with Crippen LogP contribution in [0.3, 0.4) is 0 Å². The van der Waals surface area contributed by atoms with Crippen molar-refractivity contribution in [2.75, 3.05) is 0 Å². The molecule has 0 unspecified atom stereocenters. The number of halogens is 2. The second-order valence-corrected chi connectivity index (χ2v) is 6.23. The van der Waals surface area contributed by atoms with Gasteiger partial charge < -0.3 is 0 Å². The third-order valence-corrected chi connectivity index (χ3v) is 4.18. The predicted octanol–water partition coefficient (Wildman–Crippen LogP) is 6.83. The summed E-state index contributed by atoms with van der Waals surface area (Å²) in [6.45, 7) is 4.02. The quantitative estimate of drug-likeness (QED) is 0.498. The molecule has 0 spiro atoms. The van der Waals surface area contributed by atoms with Crippen LogP contribution in [0.1, 0.15) is 55.4 Å². The molecule has 0 radical (unpaired) electrons. The number of benzene rings is 2. The van der Waals surface area contributed by atoms with Crippen molar-refractivity contribution in [3.8, 4) is 0 Å². The lowest BCUT2D eigenvalue weighted by atomic mass is 10.0. The maximum absolute atomic E-state index is 13.9. The van der Waals surface area contributed by atoms with Crippen LogP contribution in [0.15, 0.2) is 54.4 Å². The number of aryl methyl sites for hydroxylation is 3. The minimum atomic E-state index is -0.727. The van der Waals surface area contributed by atoms with Crippen molar-refractivity contribution in [2.45, 2.75) is 52.4 Å². The Kier molecular flexibility index (Phi) is 7.17. The van der Waals surface area contributed by atoms with E-state index in [9.17, 15) is 8.78 Å². The number of rotatable bonds is 8. The maximum atomic E-state index is 13.9. The van der Waals surface area contributed by atoms with Gasteiger partial charge in [-0.05, 0) is 42.4 Å². The number of allylic oxidation sites excluding steroid dienone is 1. The average Bonchev–Trinajstić information content (AvgIpc) is 2.61. The van der Waals surface area contributed by atoms with Crippen LogP contribution in [0.2, 0.25) is 0 Å². The summed E-state index contributed by atoms with van der Waals surface area (Å²) >= 11 is 0. The van der Waals surface area contributed by atoms with Gasteiger partial charge in [-0.25, -0.2) is 8.78 Å². The molecule has 2 rings (SSSR count). The molecule has 0 fully saturated rings. The van der Waals surface area contributed by atoms with Crippen LogP contribution in [-0.2, 0) is 19.3 Å². The van der Waals surface area contributed by atoms with Crippen molar-refractivity contribution in [2.24, 2.45) is 0 Å². The van der Waals surface area contributed by atoms with Crippen LogP contribution in [0.4, 0.5) is 8.78 Å². The molecule has 0 amide bonds. The summed E-state index contributed by atoms with van der Waals surface area (Å²) in [5, 5.41) is 0. The summed E-state index contributed by atoms with van der Waals surface area (Å²) in [6, 6.07) is 15.9. The molecule has 0 saturated heterocycles. The number of hydrogen-bond donors (Lipinski definition) is 0. The Morgan fingerprint density at radius 3 is 1.58 bits per heavy atom. The van der Waals surface area contributed by atoms with Gasteiger partial charge in [0, 0.05) is 12.0 Å². The molecule has 0 N–H and O–H groups in total. The fourth-order valence-electron chi connectivity index (χ4n) is 2.75. The van der Waals surface area contributed by atoms with Crippen molar-refractivity contribution in [1.29, 1.82) is 0 Å². The summed E-state index contributed by atoms with van der Waals surface area (Å²) in [5.41, 5.74) is 4.15. The Morgan fingerprint density at radius 2 is 1.12 bits per heavy atom. The summed E-state index contributed by atoms with van der Waals surface area (Å²) in [5.74, 6) is -1.38. The second-order valence-electron chi connectivity index (χ2n) is 6.23. The minimum Gasteiger partial charge on any atom is -0.209 e. The highest BCUT2D eigenvalue weighted by Gasteiger charge is 2.08. The van der Waals surface area contributed by atoms with E-state index in [1.54, 1.807) is 12.1 Å². The van der Waals surface area contributed by atoms with Gasteiger partial charge in [-0.15, -0.1) is 0 Å². The molecular weight excluding hydrogens is 302 g/mol. The first kappa shape index (κ1) is 18.4. The van der Waals surface area contributed by atoms with Gasteiger partial charge in [-0.2, -0.15) is 0 Å². The van der Waals surface area contributed by atoms with E-state index in [0.717, 1.165) is 31.2 Å². The molecule has 2 aromatic carbocycles. The lowest BCUT2D eigenvalue weighted by Gasteiger charge is -2.06. The molecule has 0 atom stereocenters. The third-order valence-electron chi connectivity index (χ3n) is 4.18. The molecule has 0 saturated carbocycles. The lowest BCUT2D eigenvalue weighted by Crippen LogP contribution is -1.93. The smallest absolute Gasteiger partial charge is 0.161 e. The van der Waals surface area contributed by atoms with Crippen molar-refractivity contribution < 1.29 is 8.78 Å². The molecule has 0 aliphatic rings. The maximum Gasteiger partial charge on any atom is 0.161 e. The first-order valence-electron chi connectivity index (χ1n) is 8.85. The molecule has 0 aromatic heterocycles. The molecule has 128 valence electrons. The zero-order valence-electron chi connectivity index (χ0n) is 14.6. The van der Waals surface area contributed by atoms with Crippen molar-refractivity contribution in [3.05, 3.63) is 76.6 Å². The van der Waals surface area contributed by atoms with Crippen LogP contribution in [0.5, 0.6) is 0 Å². The molecular formula is C22H26F2. The van der Waals surface area contributed by atoms with Crippen molar-refractivity contribution >= 4 is 5.83 Å². The van der Waals surface area contributed by atoms with E-state index in [2.05, 4.69) is 31.2 Å². The Morgan fingerprint density at radius 1 is 0.667 bits per heavy atom. The molecule has 0 aliphatic heterocycles. The molecule has 2 heteroatoms. The van der Waals surface area contributed by atoms with Gasteiger partial charge in [0.15, 0.2) is 5.83 Å². The number of hydrogen-bond acceptors (Lipinski definition) is 0. The minimum absolute atomic E-state index is 0.154. The van der Waals surface area contributed by atoms with E-state index < -0.39 is 11.7 Å². The molecule has 0 aliphatic carbocycles. The van der Waals surface area contributed by atoms with E-state index in [0.29, 0.717) is 12.0 Å². The summed E-state index contributed by atoms with van der Waals surface area (Å²) < 4.78 is 27.4. The molecule has 0 heterocycles. The van der Waals surface area contributed by atoms with Gasteiger partial charge in [0.2, 0.25) is 0 Å². The van der Waals surface area contributed by atoms with E-state index in [1.807, 2.05) is 19.1 Å². The Hall–Kier alpha value is -1.96. The van der Waals surface area contributed by atoms with Gasteiger partial charge >= 0.3 is 0 Å². The van der Waals surface area contributed by atoms with Crippen LogP contribution < -0.4 is 0 Å². The predicted molar refractivity (Wildman–Crippen MR) is 98.3 cm³/mol. The Balaban J connectivity index is 1.95. The van der Waals surface area contributed by atoms with Gasteiger partial charge in [-0.3, -0.25) is 0 Å². The van der Waals surface area contributed by atoms with E-state index in [4.69, 9.17) is 0 Å². The highest BCUT2D eigenvalue weighted by molar-refractivity contribution is 5.61. The first-order chi connectivity index (χ1) is 11.6. The summed E-state index contributed by atoms with van der Waals surface area (Å²) in [7, 11) is 0. The fraction of sp³-hybridized carbons (Fsp3) is 0.364. The van der Waals surface area contributed by atoms with Gasteiger partial charge in [0.25, 0.3) is 0 Å². The van der Waals surface area contributed by atoms with Crippen molar-refractivity contribution in [1.82, 2.24) is 0 Å². The second kappa shape index (κ2) is 9.36. The SMILES string of the molecule is CCCC(F)=C(F)c1ccc(CCc2ccc(CCC)cc2)cc1. The van der Waals surface area contributed by atoms with Crippen LogP contribution in [-0.4, -0.2) is 0 Å². The molecule has 0 bridgehead atoms. The molecule has 24 heavy (non-hydrogen) atoms. The topological polar surface area (TPSA) is 0 Å². The van der Waals surface area contributed by atoms with Crippen LogP contribution in [0.25, 0.3) is 5.83 Å². The van der Waals surface area contributed by atoms with Crippen LogP contribution >= 0.6 is 0 Å². The fourth-order valence-corrected chi connectivity index (χ4v) is 2.75. The van der Waals surface area contributed by atoms with Crippen LogP contribution in [0, 0.1) is 0 Å². The van der Waals surface area contributed by atoms with E-state index >= 15 is 0 Å². The van der Waals surface area contributed by atoms with E-state index in [1.165, 1.54) is 11.1 Å². The third kappa shape index (κ3) is 5.30. The molecule has 0 nitrogen and oxygen atoms in total. The average molecular weight is 328 g/mol. The zero-order chi connectivity index (χ0) is 17.4. The molecule has 2 aromatic rings. The van der Waals surface area contributed by atoms with Crippen molar-refractivity contribution in [3.63, 3.8) is 0 Å².